The normalized spacial score (nSPS) is 15.7. The van der Waals surface area contributed by atoms with Gasteiger partial charge in [-0.3, -0.25) is 14.7 Å². The van der Waals surface area contributed by atoms with Crippen molar-refractivity contribution in [2.75, 3.05) is 26.2 Å². The van der Waals surface area contributed by atoms with Crippen LogP contribution in [0.1, 0.15) is 11.1 Å². The van der Waals surface area contributed by atoms with Crippen LogP contribution in [0.4, 0.5) is 4.39 Å². The molecule has 6 heteroatoms. The lowest BCUT2D eigenvalue weighted by molar-refractivity contribution is -0.127. The molecule has 1 fully saturated rings. The van der Waals surface area contributed by atoms with Gasteiger partial charge in [0.1, 0.15) is 5.82 Å². The summed E-state index contributed by atoms with van der Waals surface area (Å²) in [6.45, 7) is 3.87. The van der Waals surface area contributed by atoms with E-state index >= 15 is 0 Å². The Balaban J connectivity index is 1.53. The van der Waals surface area contributed by atoms with Gasteiger partial charge in [0.05, 0.1) is 0 Å². The molecule has 0 saturated carbocycles. The van der Waals surface area contributed by atoms with Gasteiger partial charge in [-0.2, -0.15) is 0 Å². The topological polar surface area (TPSA) is 36.4 Å². The smallest absolute Gasteiger partial charge is 0.246 e. The van der Waals surface area contributed by atoms with Gasteiger partial charge in [-0.1, -0.05) is 15.9 Å². The van der Waals surface area contributed by atoms with Crippen molar-refractivity contribution in [3.8, 4) is 0 Å². The Labute approximate surface area is 155 Å². The second-order valence-corrected chi connectivity index (χ2v) is 6.87. The molecule has 2 heterocycles. The number of carbonyl (C=O) groups is 1. The Morgan fingerprint density at radius 1 is 1.16 bits per heavy atom. The number of nitrogens with zero attached hydrogens (tertiary/aromatic N) is 3. The van der Waals surface area contributed by atoms with Crippen molar-refractivity contribution < 1.29 is 9.18 Å². The quantitative estimate of drug-likeness (QED) is 0.734. The Kier molecular flexibility index (Phi) is 5.94. The highest BCUT2D eigenvalue weighted by Crippen LogP contribution is 2.17. The van der Waals surface area contributed by atoms with Crippen molar-refractivity contribution in [2.24, 2.45) is 0 Å². The number of amides is 1. The van der Waals surface area contributed by atoms with Crippen molar-refractivity contribution in [1.82, 2.24) is 14.8 Å². The molecule has 0 radical (unpaired) electrons. The van der Waals surface area contributed by atoms with Gasteiger partial charge in [0, 0.05) is 61.2 Å². The number of pyridine rings is 1. The lowest BCUT2D eigenvalue weighted by atomic mass is 10.2. The van der Waals surface area contributed by atoms with E-state index in [9.17, 15) is 9.18 Å². The zero-order valence-electron chi connectivity index (χ0n) is 13.7. The molecule has 1 saturated heterocycles. The van der Waals surface area contributed by atoms with E-state index in [0.29, 0.717) is 18.7 Å². The first-order valence-electron chi connectivity index (χ1n) is 8.15. The predicted octanol–water partition coefficient (Wildman–Crippen LogP) is 3.34. The summed E-state index contributed by atoms with van der Waals surface area (Å²) >= 11 is 3.31. The molecule has 0 N–H and O–H groups in total. The summed E-state index contributed by atoms with van der Waals surface area (Å²) in [6.07, 6.45) is 6.57. The van der Waals surface area contributed by atoms with Gasteiger partial charge in [-0.25, -0.2) is 4.39 Å². The van der Waals surface area contributed by atoms with Gasteiger partial charge < -0.3 is 4.90 Å². The monoisotopic (exact) mass is 403 g/mol. The van der Waals surface area contributed by atoms with Crippen LogP contribution in [0.15, 0.2) is 53.3 Å². The zero-order chi connectivity index (χ0) is 17.6. The number of piperazine rings is 1. The number of hydrogen-bond donors (Lipinski definition) is 0. The third-order valence-corrected chi connectivity index (χ3v) is 4.70. The lowest BCUT2D eigenvalue weighted by Crippen LogP contribution is -2.47. The number of carbonyl (C=O) groups excluding carboxylic acids is 1. The van der Waals surface area contributed by atoms with Crippen molar-refractivity contribution >= 4 is 27.9 Å². The van der Waals surface area contributed by atoms with Crippen LogP contribution in [0, 0.1) is 5.82 Å². The summed E-state index contributed by atoms with van der Waals surface area (Å²) in [5, 5.41) is 0. The third kappa shape index (κ3) is 4.96. The molecule has 0 bridgehead atoms. The van der Waals surface area contributed by atoms with E-state index in [1.165, 1.54) is 23.8 Å². The highest BCUT2D eigenvalue weighted by molar-refractivity contribution is 9.10. The summed E-state index contributed by atoms with van der Waals surface area (Å²) in [4.78, 5) is 20.5. The maximum atomic E-state index is 13.7. The molecular weight excluding hydrogens is 385 g/mol. The van der Waals surface area contributed by atoms with E-state index in [2.05, 4.69) is 25.8 Å². The van der Waals surface area contributed by atoms with Gasteiger partial charge in [-0.05, 0) is 42.0 Å². The summed E-state index contributed by atoms with van der Waals surface area (Å²) in [6, 6.07) is 8.69. The number of benzene rings is 1. The molecule has 1 amide bonds. The summed E-state index contributed by atoms with van der Waals surface area (Å²) < 4.78 is 14.5. The van der Waals surface area contributed by atoms with Gasteiger partial charge in [0.15, 0.2) is 0 Å². The van der Waals surface area contributed by atoms with Crippen LogP contribution >= 0.6 is 15.9 Å². The Morgan fingerprint density at radius 2 is 1.88 bits per heavy atom. The van der Waals surface area contributed by atoms with E-state index in [1.807, 2.05) is 12.1 Å². The predicted molar refractivity (Wildman–Crippen MR) is 99.2 cm³/mol. The lowest BCUT2D eigenvalue weighted by Gasteiger charge is -2.34. The van der Waals surface area contributed by atoms with Crippen molar-refractivity contribution in [1.29, 1.82) is 0 Å². The van der Waals surface area contributed by atoms with Gasteiger partial charge in [0.25, 0.3) is 0 Å². The highest BCUT2D eigenvalue weighted by Gasteiger charge is 2.19. The van der Waals surface area contributed by atoms with Gasteiger partial charge in [0.2, 0.25) is 5.91 Å². The zero-order valence-corrected chi connectivity index (χ0v) is 15.3. The molecule has 0 unspecified atom stereocenters. The van der Waals surface area contributed by atoms with Crippen LogP contribution in [0.5, 0.6) is 0 Å². The molecule has 0 aliphatic carbocycles. The van der Waals surface area contributed by atoms with E-state index < -0.39 is 0 Å². The van der Waals surface area contributed by atoms with E-state index in [4.69, 9.17) is 0 Å². The summed E-state index contributed by atoms with van der Waals surface area (Å²) in [7, 11) is 0. The van der Waals surface area contributed by atoms with E-state index in [-0.39, 0.29) is 11.7 Å². The van der Waals surface area contributed by atoms with Crippen LogP contribution in [-0.2, 0) is 11.3 Å². The van der Waals surface area contributed by atoms with Crippen LogP contribution in [0.25, 0.3) is 6.08 Å². The Bertz CT molecular complexity index is 759. The molecule has 0 spiro atoms. The number of aromatic nitrogens is 1. The SMILES string of the molecule is O=C(/C=C/c1cc(Br)ccc1F)N1CCN(Cc2ccncc2)CC1. The second-order valence-electron chi connectivity index (χ2n) is 5.96. The molecule has 1 aromatic carbocycles. The van der Waals surface area contributed by atoms with Crippen molar-refractivity contribution in [3.05, 3.63) is 70.2 Å². The van der Waals surface area contributed by atoms with Crippen LogP contribution < -0.4 is 0 Å². The molecule has 2 aromatic rings. The number of hydrogen-bond acceptors (Lipinski definition) is 3. The van der Waals surface area contributed by atoms with Crippen LogP contribution in [-0.4, -0.2) is 46.9 Å². The van der Waals surface area contributed by atoms with Gasteiger partial charge in [-0.15, -0.1) is 0 Å². The van der Waals surface area contributed by atoms with Crippen LogP contribution in [0.3, 0.4) is 0 Å². The first kappa shape index (κ1) is 17.8. The fourth-order valence-electron chi connectivity index (χ4n) is 2.78. The molecule has 130 valence electrons. The summed E-state index contributed by atoms with van der Waals surface area (Å²) in [5.74, 6) is -0.419. The van der Waals surface area contributed by atoms with Crippen molar-refractivity contribution in [3.63, 3.8) is 0 Å². The second kappa shape index (κ2) is 8.36. The maximum Gasteiger partial charge on any atom is 0.246 e. The third-order valence-electron chi connectivity index (χ3n) is 4.20. The number of halogens is 2. The first-order valence-corrected chi connectivity index (χ1v) is 8.94. The molecule has 4 nitrogen and oxygen atoms in total. The minimum absolute atomic E-state index is 0.0806. The summed E-state index contributed by atoms with van der Waals surface area (Å²) in [5.41, 5.74) is 1.62. The fraction of sp³-hybridized carbons (Fsp3) is 0.263. The largest absolute Gasteiger partial charge is 0.337 e. The average molecular weight is 404 g/mol. The van der Waals surface area contributed by atoms with E-state index in [0.717, 1.165) is 24.1 Å². The average Bonchev–Trinajstić information content (AvgIpc) is 2.64. The van der Waals surface area contributed by atoms with E-state index in [1.54, 1.807) is 29.4 Å². The molecule has 1 aliphatic heterocycles. The highest BCUT2D eigenvalue weighted by atomic mass is 79.9. The molecule has 25 heavy (non-hydrogen) atoms. The number of rotatable bonds is 4. The van der Waals surface area contributed by atoms with Gasteiger partial charge >= 0.3 is 0 Å². The minimum atomic E-state index is -0.338. The minimum Gasteiger partial charge on any atom is -0.337 e. The standard InChI is InChI=1S/C19H19BrFN3O/c20-17-2-3-18(21)16(13-17)1-4-19(25)24-11-9-23(10-12-24)14-15-5-7-22-8-6-15/h1-8,13H,9-12,14H2/b4-1+. The maximum absolute atomic E-state index is 13.7. The Hall–Kier alpha value is -2.05. The molecule has 3 rings (SSSR count). The van der Waals surface area contributed by atoms with Crippen molar-refractivity contribution in [2.45, 2.75) is 6.54 Å². The molecular formula is C19H19BrFN3O. The Morgan fingerprint density at radius 3 is 2.60 bits per heavy atom. The van der Waals surface area contributed by atoms with Crippen LogP contribution in [0.2, 0.25) is 0 Å². The molecule has 0 atom stereocenters. The first-order chi connectivity index (χ1) is 12.1. The fourth-order valence-corrected chi connectivity index (χ4v) is 3.16. The molecule has 1 aliphatic rings. The molecule has 1 aromatic heterocycles.